The Hall–Kier alpha value is -0.650. The maximum Gasteiger partial charge on any atom is 0.310 e. The van der Waals surface area contributed by atoms with Gasteiger partial charge in [-0.1, -0.05) is 13.8 Å². The fourth-order valence-corrected chi connectivity index (χ4v) is 0.751. The minimum atomic E-state index is -1.19. The van der Waals surface area contributed by atoms with Gasteiger partial charge < -0.3 is 19.3 Å². The van der Waals surface area contributed by atoms with Gasteiger partial charge >= 0.3 is 5.97 Å². The Labute approximate surface area is 90.3 Å². The number of hydrogen-bond donors (Lipinski definition) is 1. The molecule has 0 aromatic rings. The summed E-state index contributed by atoms with van der Waals surface area (Å²) in [5.41, 5.74) is 0. The molecule has 0 aromatic heterocycles. The van der Waals surface area contributed by atoms with Gasteiger partial charge in [-0.25, -0.2) is 0 Å². The SMILES string of the molecule is CCOCCOCC(O)OC(=O)C(C)C. The average molecular weight is 220 g/mol. The first-order valence-electron chi connectivity index (χ1n) is 5.12. The van der Waals surface area contributed by atoms with Crippen LogP contribution in [0.4, 0.5) is 0 Å². The molecule has 0 saturated carbocycles. The highest BCUT2D eigenvalue weighted by atomic mass is 16.7. The summed E-state index contributed by atoms with van der Waals surface area (Å²) >= 11 is 0. The van der Waals surface area contributed by atoms with E-state index in [1.54, 1.807) is 13.8 Å². The minimum absolute atomic E-state index is 0.0223. The molecule has 15 heavy (non-hydrogen) atoms. The Balaban J connectivity index is 3.41. The molecule has 0 amide bonds. The van der Waals surface area contributed by atoms with Crippen LogP contribution < -0.4 is 0 Å². The van der Waals surface area contributed by atoms with Gasteiger partial charge in [0, 0.05) is 6.61 Å². The second-order valence-corrected chi connectivity index (χ2v) is 3.32. The molecule has 0 rings (SSSR count). The molecule has 0 aromatic carbocycles. The fraction of sp³-hybridized carbons (Fsp3) is 0.900. The minimum Gasteiger partial charge on any atom is -0.433 e. The predicted octanol–water partition coefficient (Wildman–Crippen LogP) is 0.557. The number of aliphatic hydroxyl groups excluding tert-OH is 1. The van der Waals surface area contributed by atoms with Gasteiger partial charge in [-0.05, 0) is 6.92 Å². The van der Waals surface area contributed by atoms with Gasteiger partial charge in [0.2, 0.25) is 6.29 Å². The largest absolute Gasteiger partial charge is 0.433 e. The summed E-state index contributed by atoms with van der Waals surface area (Å²) < 4.78 is 14.7. The van der Waals surface area contributed by atoms with Crippen molar-refractivity contribution in [1.82, 2.24) is 0 Å². The average Bonchev–Trinajstić information content (AvgIpc) is 2.17. The van der Waals surface area contributed by atoms with Gasteiger partial charge in [0.15, 0.2) is 0 Å². The molecule has 0 aliphatic rings. The molecule has 0 fully saturated rings. The number of rotatable bonds is 8. The van der Waals surface area contributed by atoms with Crippen LogP contribution in [0.15, 0.2) is 0 Å². The van der Waals surface area contributed by atoms with Crippen LogP contribution in [0.1, 0.15) is 20.8 Å². The zero-order valence-corrected chi connectivity index (χ0v) is 9.56. The lowest BCUT2D eigenvalue weighted by atomic mass is 10.2. The van der Waals surface area contributed by atoms with Crippen molar-refractivity contribution < 1.29 is 24.1 Å². The van der Waals surface area contributed by atoms with Crippen molar-refractivity contribution in [2.24, 2.45) is 5.92 Å². The van der Waals surface area contributed by atoms with Crippen molar-refractivity contribution in [3.05, 3.63) is 0 Å². The number of hydrogen-bond acceptors (Lipinski definition) is 5. The molecule has 0 aliphatic carbocycles. The predicted molar refractivity (Wildman–Crippen MR) is 54.2 cm³/mol. The summed E-state index contributed by atoms with van der Waals surface area (Å²) in [7, 11) is 0. The van der Waals surface area contributed by atoms with Crippen LogP contribution in [0, 0.1) is 5.92 Å². The molecular weight excluding hydrogens is 200 g/mol. The molecule has 0 spiro atoms. The number of aliphatic hydroxyl groups is 1. The van der Waals surface area contributed by atoms with Crippen LogP contribution >= 0.6 is 0 Å². The van der Waals surface area contributed by atoms with E-state index in [1.807, 2.05) is 6.92 Å². The van der Waals surface area contributed by atoms with Gasteiger partial charge in [0.25, 0.3) is 0 Å². The van der Waals surface area contributed by atoms with Gasteiger partial charge in [-0.15, -0.1) is 0 Å². The van der Waals surface area contributed by atoms with E-state index in [1.165, 1.54) is 0 Å². The molecule has 0 radical (unpaired) electrons. The Morgan fingerprint density at radius 3 is 2.40 bits per heavy atom. The quantitative estimate of drug-likeness (QED) is 0.368. The van der Waals surface area contributed by atoms with Gasteiger partial charge in [-0.2, -0.15) is 0 Å². The van der Waals surface area contributed by atoms with Crippen molar-refractivity contribution in [2.45, 2.75) is 27.1 Å². The van der Waals surface area contributed by atoms with Crippen LogP contribution in [0.25, 0.3) is 0 Å². The first-order chi connectivity index (χ1) is 7.07. The number of carbonyl (C=O) groups excluding carboxylic acids is 1. The standard InChI is InChI=1S/C10H20O5/c1-4-13-5-6-14-7-9(11)15-10(12)8(2)3/h8-9,11H,4-7H2,1-3H3. The third-order valence-electron chi connectivity index (χ3n) is 1.56. The van der Waals surface area contributed by atoms with E-state index in [9.17, 15) is 9.90 Å². The van der Waals surface area contributed by atoms with Crippen molar-refractivity contribution in [2.75, 3.05) is 26.4 Å². The van der Waals surface area contributed by atoms with Crippen LogP contribution in [-0.4, -0.2) is 43.8 Å². The molecule has 1 N–H and O–H groups in total. The summed E-state index contributed by atoms with van der Waals surface area (Å²) in [4.78, 5) is 11.0. The van der Waals surface area contributed by atoms with Crippen molar-refractivity contribution >= 4 is 5.97 Å². The van der Waals surface area contributed by atoms with Crippen molar-refractivity contribution in [1.29, 1.82) is 0 Å². The zero-order valence-electron chi connectivity index (χ0n) is 9.56. The first kappa shape index (κ1) is 14.3. The van der Waals surface area contributed by atoms with Crippen LogP contribution in [0.2, 0.25) is 0 Å². The van der Waals surface area contributed by atoms with Crippen LogP contribution in [0.3, 0.4) is 0 Å². The maximum atomic E-state index is 11.0. The Bertz CT molecular complexity index is 169. The van der Waals surface area contributed by atoms with Crippen molar-refractivity contribution in [3.63, 3.8) is 0 Å². The molecular formula is C10H20O5. The lowest BCUT2D eigenvalue weighted by Crippen LogP contribution is -2.26. The highest BCUT2D eigenvalue weighted by molar-refractivity contribution is 5.71. The number of esters is 1. The lowest BCUT2D eigenvalue weighted by molar-refractivity contribution is -0.181. The Morgan fingerprint density at radius 2 is 1.87 bits per heavy atom. The summed E-state index contributed by atoms with van der Waals surface area (Å²) in [5, 5.41) is 9.22. The number of ether oxygens (including phenoxy) is 3. The van der Waals surface area contributed by atoms with E-state index in [0.717, 1.165) is 0 Å². The summed E-state index contributed by atoms with van der Waals surface area (Å²) in [5.74, 6) is -0.681. The molecule has 5 heteroatoms. The molecule has 0 aliphatic heterocycles. The smallest absolute Gasteiger partial charge is 0.310 e. The van der Waals surface area contributed by atoms with E-state index in [4.69, 9.17) is 9.47 Å². The van der Waals surface area contributed by atoms with Gasteiger partial charge in [0.1, 0.15) is 6.61 Å². The van der Waals surface area contributed by atoms with E-state index < -0.39 is 12.3 Å². The number of carbonyl (C=O) groups is 1. The van der Waals surface area contributed by atoms with Crippen LogP contribution in [0.5, 0.6) is 0 Å². The van der Waals surface area contributed by atoms with E-state index in [-0.39, 0.29) is 12.5 Å². The van der Waals surface area contributed by atoms with E-state index in [2.05, 4.69) is 4.74 Å². The molecule has 5 nitrogen and oxygen atoms in total. The third kappa shape index (κ3) is 8.35. The monoisotopic (exact) mass is 220 g/mol. The molecule has 0 heterocycles. The second kappa shape index (κ2) is 8.64. The van der Waals surface area contributed by atoms with Crippen LogP contribution in [-0.2, 0) is 19.0 Å². The highest BCUT2D eigenvalue weighted by Crippen LogP contribution is 1.99. The van der Waals surface area contributed by atoms with E-state index in [0.29, 0.717) is 19.8 Å². The first-order valence-corrected chi connectivity index (χ1v) is 5.12. The summed E-state index contributed by atoms with van der Waals surface area (Å²) in [6.07, 6.45) is -1.19. The third-order valence-corrected chi connectivity index (χ3v) is 1.56. The molecule has 0 saturated heterocycles. The Kier molecular flexibility index (Phi) is 8.27. The summed E-state index contributed by atoms with van der Waals surface area (Å²) in [6.45, 7) is 6.75. The fourth-order valence-electron chi connectivity index (χ4n) is 0.751. The second-order valence-electron chi connectivity index (χ2n) is 3.32. The maximum absolute atomic E-state index is 11.0. The lowest BCUT2D eigenvalue weighted by Gasteiger charge is -2.13. The summed E-state index contributed by atoms with van der Waals surface area (Å²) in [6, 6.07) is 0. The van der Waals surface area contributed by atoms with Crippen molar-refractivity contribution in [3.8, 4) is 0 Å². The molecule has 1 atom stereocenters. The Morgan fingerprint density at radius 1 is 1.27 bits per heavy atom. The topological polar surface area (TPSA) is 65.0 Å². The molecule has 90 valence electrons. The van der Waals surface area contributed by atoms with Gasteiger partial charge in [0.05, 0.1) is 19.1 Å². The zero-order chi connectivity index (χ0) is 11.7. The molecule has 0 bridgehead atoms. The van der Waals surface area contributed by atoms with Gasteiger partial charge in [-0.3, -0.25) is 4.79 Å². The highest BCUT2D eigenvalue weighted by Gasteiger charge is 2.14. The normalized spacial score (nSPS) is 12.9. The van der Waals surface area contributed by atoms with E-state index >= 15 is 0 Å². The molecule has 1 unspecified atom stereocenters.